The van der Waals surface area contributed by atoms with Gasteiger partial charge in [-0.3, -0.25) is 4.98 Å². The average molecular weight is 331 g/mol. The number of fused-ring (bicyclic) bond motifs is 1. The molecule has 0 aliphatic carbocycles. The molecular weight excluding hydrogens is 310 g/mol. The van der Waals surface area contributed by atoms with Crippen LogP contribution < -0.4 is 5.32 Å². The van der Waals surface area contributed by atoms with Crippen LogP contribution in [-0.2, 0) is 0 Å². The summed E-state index contributed by atoms with van der Waals surface area (Å²) in [6.07, 6.45) is 6.78. The average Bonchev–Trinajstić information content (AvgIpc) is 2.69. The maximum Gasteiger partial charge on any atom is 0.322 e. The molecule has 1 N–H and O–H groups in total. The molecule has 1 unspecified atom stereocenters. The predicted octanol–water partition coefficient (Wildman–Crippen LogP) is 4.99. The summed E-state index contributed by atoms with van der Waals surface area (Å²) in [7, 11) is 0. The lowest BCUT2D eigenvalue weighted by Crippen LogP contribution is -2.41. The summed E-state index contributed by atoms with van der Waals surface area (Å²) in [4.78, 5) is 19.0. The van der Waals surface area contributed by atoms with Crippen molar-refractivity contribution in [2.75, 3.05) is 11.9 Å². The van der Waals surface area contributed by atoms with E-state index in [1.807, 2.05) is 47.4 Å². The molecule has 4 heteroatoms. The lowest BCUT2D eigenvalue weighted by molar-refractivity contribution is 0.163. The molecule has 0 saturated carbocycles. The van der Waals surface area contributed by atoms with Crippen LogP contribution >= 0.6 is 0 Å². The van der Waals surface area contributed by atoms with Gasteiger partial charge in [0.25, 0.3) is 0 Å². The zero-order valence-corrected chi connectivity index (χ0v) is 14.1. The SMILES string of the molecule is O=C(Nc1cccc2ccccc12)N1CCCCC1c1ccncc1. The van der Waals surface area contributed by atoms with E-state index in [4.69, 9.17) is 0 Å². The highest BCUT2D eigenvalue weighted by Gasteiger charge is 2.28. The molecule has 1 aliphatic heterocycles. The number of nitrogens with one attached hydrogen (secondary N) is 1. The van der Waals surface area contributed by atoms with Crippen LogP contribution in [0.15, 0.2) is 67.0 Å². The molecule has 0 bridgehead atoms. The Balaban J connectivity index is 1.60. The number of amides is 2. The number of nitrogens with zero attached hydrogens (tertiary/aromatic N) is 2. The monoisotopic (exact) mass is 331 g/mol. The van der Waals surface area contributed by atoms with E-state index in [9.17, 15) is 4.79 Å². The van der Waals surface area contributed by atoms with E-state index >= 15 is 0 Å². The maximum atomic E-state index is 13.0. The lowest BCUT2D eigenvalue weighted by Gasteiger charge is -2.36. The smallest absolute Gasteiger partial charge is 0.317 e. The largest absolute Gasteiger partial charge is 0.322 e. The number of carbonyl (C=O) groups excluding carboxylic acids is 1. The minimum absolute atomic E-state index is 0.0298. The molecule has 2 amide bonds. The van der Waals surface area contributed by atoms with Crippen molar-refractivity contribution in [2.24, 2.45) is 0 Å². The van der Waals surface area contributed by atoms with Crippen LogP contribution in [0.25, 0.3) is 10.8 Å². The summed E-state index contributed by atoms with van der Waals surface area (Å²) in [5, 5.41) is 5.32. The van der Waals surface area contributed by atoms with Gasteiger partial charge in [-0.25, -0.2) is 4.79 Å². The van der Waals surface area contributed by atoms with Crippen LogP contribution in [0, 0.1) is 0 Å². The van der Waals surface area contributed by atoms with Crippen LogP contribution in [0.5, 0.6) is 0 Å². The zero-order chi connectivity index (χ0) is 17.1. The Labute approximate surface area is 147 Å². The zero-order valence-electron chi connectivity index (χ0n) is 14.1. The number of piperidine rings is 1. The molecule has 1 fully saturated rings. The van der Waals surface area contributed by atoms with Crippen molar-refractivity contribution < 1.29 is 4.79 Å². The Morgan fingerprint density at radius 3 is 2.68 bits per heavy atom. The van der Waals surface area contributed by atoms with E-state index < -0.39 is 0 Å². The predicted molar refractivity (Wildman–Crippen MR) is 101 cm³/mol. The van der Waals surface area contributed by atoms with Crippen molar-refractivity contribution in [2.45, 2.75) is 25.3 Å². The van der Waals surface area contributed by atoms with Crippen LogP contribution in [0.1, 0.15) is 30.9 Å². The summed E-state index contributed by atoms with van der Waals surface area (Å²) in [5.41, 5.74) is 2.02. The quantitative estimate of drug-likeness (QED) is 0.718. The number of hydrogen-bond acceptors (Lipinski definition) is 2. The third-order valence-electron chi connectivity index (χ3n) is 4.89. The maximum absolute atomic E-state index is 13.0. The summed E-state index contributed by atoms with van der Waals surface area (Å²) in [6, 6.07) is 18.2. The van der Waals surface area contributed by atoms with Gasteiger partial charge in [-0.15, -0.1) is 0 Å². The number of benzene rings is 2. The molecule has 3 aromatic rings. The highest BCUT2D eigenvalue weighted by Crippen LogP contribution is 2.32. The van der Waals surface area contributed by atoms with Crippen molar-refractivity contribution >= 4 is 22.5 Å². The van der Waals surface area contributed by atoms with Crippen molar-refractivity contribution in [3.8, 4) is 0 Å². The Kier molecular flexibility index (Phi) is 4.34. The lowest BCUT2D eigenvalue weighted by atomic mass is 9.96. The highest BCUT2D eigenvalue weighted by atomic mass is 16.2. The Morgan fingerprint density at radius 2 is 1.80 bits per heavy atom. The normalized spacial score (nSPS) is 17.4. The highest BCUT2D eigenvalue weighted by molar-refractivity contribution is 6.01. The number of anilines is 1. The summed E-state index contributed by atoms with van der Waals surface area (Å²) in [6.45, 7) is 0.781. The first-order valence-electron chi connectivity index (χ1n) is 8.78. The topological polar surface area (TPSA) is 45.2 Å². The Hall–Kier alpha value is -2.88. The third kappa shape index (κ3) is 3.20. The number of carbonyl (C=O) groups is 1. The molecule has 4 rings (SSSR count). The van der Waals surface area contributed by atoms with Crippen molar-refractivity contribution in [3.05, 3.63) is 72.6 Å². The summed E-state index contributed by atoms with van der Waals surface area (Å²) < 4.78 is 0. The van der Waals surface area contributed by atoms with Crippen LogP contribution in [-0.4, -0.2) is 22.5 Å². The van der Waals surface area contributed by atoms with Crippen molar-refractivity contribution in [1.82, 2.24) is 9.88 Å². The van der Waals surface area contributed by atoms with Gasteiger partial charge in [-0.2, -0.15) is 0 Å². The standard InChI is InChI=1S/C21H21N3O/c25-21(23-19-9-5-7-16-6-1-2-8-18(16)19)24-15-4-3-10-20(24)17-11-13-22-14-12-17/h1-2,5-9,11-14,20H,3-4,10,15H2,(H,23,25). The second kappa shape index (κ2) is 6.93. The van der Waals surface area contributed by atoms with Gasteiger partial charge in [-0.1, -0.05) is 36.4 Å². The van der Waals surface area contributed by atoms with E-state index in [1.165, 1.54) is 0 Å². The van der Waals surface area contributed by atoms with E-state index in [0.29, 0.717) is 0 Å². The molecule has 1 aromatic heterocycles. The number of pyridine rings is 1. The number of likely N-dealkylation sites (tertiary alicyclic amines) is 1. The minimum Gasteiger partial charge on any atom is -0.317 e. The minimum atomic E-state index is -0.0298. The van der Waals surface area contributed by atoms with E-state index in [-0.39, 0.29) is 12.1 Å². The van der Waals surface area contributed by atoms with Crippen LogP contribution in [0.2, 0.25) is 0 Å². The number of rotatable bonds is 2. The number of aromatic nitrogens is 1. The molecule has 4 nitrogen and oxygen atoms in total. The van der Waals surface area contributed by atoms with Gasteiger partial charge in [0.05, 0.1) is 11.7 Å². The van der Waals surface area contributed by atoms with Crippen molar-refractivity contribution in [1.29, 1.82) is 0 Å². The number of hydrogen-bond donors (Lipinski definition) is 1. The van der Waals surface area contributed by atoms with Gasteiger partial charge < -0.3 is 10.2 Å². The second-order valence-electron chi connectivity index (χ2n) is 6.44. The molecule has 1 aliphatic rings. The molecular formula is C21H21N3O. The van der Waals surface area contributed by atoms with Crippen molar-refractivity contribution in [3.63, 3.8) is 0 Å². The molecule has 0 spiro atoms. The van der Waals surface area contributed by atoms with Gasteiger partial charge >= 0.3 is 6.03 Å². The number of urea groups is 1. The molecule has 2 heterocycles. The fourth-order valence-corrected chi connectivity index (χ4v) is 3.63. The summed E-state index contributed by atoms with van der Waals surface area (Å²) >= 11 is 0. The summed E-state index contributed by atoms with van der Waals surface area (Å²) in [5.74, 6) is 0. The van der Waals surface area contributed by atoms with Gasteiger partial charge in [-0.05, 0) is 48.4 Å². The van der Waals surface area contributed by atoms with E-state index in [2.05, 4.69) is 22.4 Å². The first-order chi connectivity index (χ1) is 12.3. The van der Waals surface area contributed by atoms with Gasteiger partial charge in [0.1, 0.15) is 0 Å². The molecule has 25 heavy (non-hydrogen) atoms. The Bertz CT molecular complexity index is 873. The first kappa shape index (κ1) is 15.6. The fraction of sp³-hybridized carbons (Fsp3) is 0.238. The van der Waals surface area contributed by atoms with Gasteiger partial charge in [0, 0.05) is 24.3 Å². The van der Waals surface area contributed by atoms with Gasteiger partial charge in [0.2, 0.25) is 0 Å². The van der Waals surface area contributed by atoms with Crippen LogP contribution in [0.4, 0.5) is 10.5 Å². The van der Waals surface area contributed by atoms with E-state index in [1.54, 1.807) is 12.4 Å². The molecule has 1 atom stereocenters. The van der Waals surface area contributed by atoms with Crippen LogP contribution in [0.3, 0.4) is 0 Å². The molecule has 2 aromatic carbocycles. The van der Waals surface area contributed by atoms with Gasteiger partial charge in [0.15, 0.2) is 0 Å². The first-order valence-corrected chi connectivity index (χ1v) is 8.78. The molecule has 1 saturated heterocycles. The molecule has 126 valence electrons. The second-order valence-corrected chi connectivity index (χ2v) is 6.44. The van der Waals surface area contributed by atoms with E-state index in [0.717, 1.165) is 47.8 Å². The fourth-order valence-electron chi connectivity index (χ4n) is 3.63. The Morgan fingerprint density at radius 1 is 1.00 bits per heavy atom. The third-order valence-corrected chi connectivity index (χ3v) is 4.89. The molecule has 0 radical (unpaired) electrons.